The van der Waals surface area contributed by atoms with Crippen molar-refractivity contribution in [2.75, 3.05) is 13.2 Å². The van der Waals surface area contributed by atoms with Crippen molar-refractivity contribution in [3.63, 3.8) is 0 Å². The lowest BCUT2D eigenvalue weighted by atomic mass is 9.73. The molecule has 1 saturated carbocycles. The first-order valence-corrected chi connectivity index (χ1v) is 9.97. The number of aliphatic hydroxyl groups is 4. The molecule has 1 aliphatic carbocycles. The first-order chi connectivity index (χ1) is 13.4. The Kier molecular flexibility index (Phi) is 6.96. The summed E-state index contributed by atoms with van der Waals surface area (Å²) in [7, 11) is 0. The predicted molar refractivity (Wildman–Crippen MR) is 108 cm³/mol. The van der Waals surface area contributed by atoms with Crippen molar-refractivity contribution in [2.45, 2.75) is 44.0 Å². The van der Waals surface area contributed by atoms with Crippen molar-refractivity contribution in [3.8, 4) is 5.75 Å². The van der Waals surface area contributed by atoms with E-state index in [9.17, 15) is 20.4 Å². The Morgan fingerprint density at radius 2 is 1.71 bits per heavy atom. The van der Waals surface area contributed by atoms with Crippen LogP contribution in [-0.2, 0) is 6.42 Å². The van der Waals surface area contributed by atoms with Gasteiger partial charge in [-0.25, -0.2) is 0 Å². The minimum absolute atomic E-state index is 0.242. The minimum Gasteiger partial charge on any atom is -0.494 e. The molecule has 0 heterocycles. The van der Waals surface area contributed by atoms with Gasteiger partial charge in [-0.1, -0.05) is 35.9 Å². The van der Waals surface area contributed by atoms with Crippen molar-refractivity contribution in [3.05, 3.63) is 64.2 Å². The zero-order valence-corrected chi connectivity index (χ0v) is 16.6. The van der Waals surface area contributed by atoms with E-state index in [0.29, 0.717) is 24.5 Å². The van der Waals surface area contributed by atoms with Crippen molar-refractivity contribution < 1.29 is 25.2 Å². The van der Waals surface area contributed by atoms with Crippen LogP contribution in [0.1, 0.15) is 36.0 Å². The van der Waals surface area contributed by atoms with Crippen LogP contribution in [-0.4, -0.2) is 52.0 Å². The number of benzene rings is 2. The maximum Gasteiger partial charge on any atom is 0.119 e. The summed E-state index contributed by atoms with van der Waals surface area (Å²) in [6, 6.07) is 13.4. The van der Waals surface area contributed by atoms with Crippen molar-refractivity contribution >= 4 is 11.6 Å². The van der Waals surface area contributed by atoms with Gasteiger partial charge in [0, 0.05) is 23.5 Å². The molecule has 5 nitrogen and oxygen atoms in total. The normalized spacial score (nSPS) is 27.6. The molecule has 0 saturated heterocycles. The molecular formula is C22H27ClO5. The second-order valence-corrected chi connectivity index (χ2v) is 7.77. The van der Waals surface area contributed by atoms with E-state index in [4.69, 9.17) is 16.3 Å². The third kappa shape index (κ3) is 4.50. The van der Waals surface area contributed by atoms with Gasteiger partial charge in [-0.05, 0) is 54.7 Å². The highest BCUT2D eigenvalue weighted by molar-refractivity contribution is 6.31. The first-order valence-electron chi connectivity index (χ1n) is 9.59. The van der Waals surface area contributed by atoms with Crippen LogP contribution in [0.2, 0.25) is 5.02 Å². The quantitative estimate of drug-likeness (QED) is 0.591. The number of hydrogen-bond donors (Lipinski definition) is 4. The summed E-state index contributed by atoms with van der Waals surface area (Å²) in [5.41, 5.74) is 2.83. The Morgan fingerprint density at radius 3 is 2.36 bits per heavy atom. The summed E-state index contributed by atoms with van der Waals surface area (Å²) in [5.74, 6) is -0.0421. The third-order valence-electron chi connectivity index (χ3n) is 5.51. The maximum atomic E-state index is 10.5. The molecule has 0 bridgehead atoms. The SMILES string of the molecule is CCOc1ccc(Cc2cc([C@@H]3C[C@H](CO)[C@@H](O)[C@H](O)[C@H]3O)ccc2Cl)cc1. The molecule has 1 fully saturated rings. The Morgan fingerprint density at radius 1 is 1.00 bits per heavy atom. The van der Waals surface area contributed by atoms with Gasteiger partial charge >= 0.3 is 0 Å². The first kappa shape index (κ1) is 21.1. The molecule has 1 aliphatic rings. The van der Waals surface area contributed by atoms with Crippen molar-refractivity contribution in [1.82, 2.24) is 0 Å². The highest BCUT2D eigenvalue weighted by Gasteiger charge is 2.42. The molecular weight excluding hydrogens is 380 g/mol. The molecule has 0 unspecified atom stereocenters. The monoisotopic (exact) mass is 406 g/mol. The van der Waals surface area contributed by atoms with Gasteiger partial charge in [-0.3, -0.25) is 0 Å². The molecule has 3 rings (SSSR count). The topological polar surface area (TPSA) is 90.2 Å². The van der Waals surface area contributed by atoms with Crippen molar-refractivity contribution in [2.24, 2.45) is 5.92 Å². The smallest absolute Gasteiger partial charge is 0.119 e. The zero-order valence-electron chi connectivity index (χ0n) is 15.8. The maximum absolute atomic E-state index is 10.5. The van der Waals surface area contributed by atoms with Crippen LogP contribution in [0.3, 0.4) is 0 Å². The summed E-state index contributed by atoms with van der Waals surface area (Å²) in [5, 5.41) is 40.8. The molecule has 0 spiro atoms. The molecule has 0 aliphatic heterocycles. The van der Waals surface area contributed by atoms with Gasteiger partial charge in [0.15, 0.2) is 0 Å². The fraction of sp³-hybridized carbons (Fsp3) is 0.455. The molecule has 0 radical (unpaired) electrons. The summed E-state index contributed by atoms with van der Waals surface area (Å²) in [6.45, 7) is 2.32. The second-order valence-electron chi connectivity index (χ2n) is 7.36. The summed E-state index contributed by atoms with van der Waals surface area (Å²) in [4.78, 5) is 0. The Bertz CT molecular complexity index is 777. The van der Waals surface area contributed by atoms with E-state index < -0.39 is 24.2 Å². The van der Waals surface area contributed by atoms with Crippen LogP contribution >= 0.6 is 11.6 Å². The van der Waals surface area contributed by atoms with Gasteiger partial charge in [-0.15, -0.1) is 0 Å². The number of ether oxygens (including phenoxy) is 1. The van der Waals surface area contributed by atoms with Gasteiger partial charge in [-0.2, -0.15) is 0 Å². The van der Waals surface area contributed by atoms with Gasteiger partial charge in [0.25, 0.3) is 0 Å². The Balaban J connectivity index is 1.82. The van der Waals surface area contributed by atoms with Crippen LogP contribution in [0.5, 0.6) is 5.75 Å². The standard InChI is InChI=1S/C22H27ClO5/c1-2-28-17-6-3-13(4-7-17)9-15-10-14(5-8-19(15)23)18-11-16(12-24)20(25)22(27)21(18)26/h3-8,10,16,18,20-22,24-27H,2,9,11-12H2,1H3/t16-,18+,20-,21+,22+/m1/s1. The number of aliphatic hydroxyl groups excluding tert-OH is 4. The second kappa shape index (κ2) is 9.25. The molecule has 0 amide bonds. The van der Waals surface area contributed by atoms with Gasteiger partial charge in [0.05, 0.1) is 18.8 Å². The molecule has 4 N–H and O–H groups in total. The molecule has 152 valence electrons. The molecule has 6 heteroatoms. The van der Waals surface area contributed by atoms with E-state index >= 15 is 0 Å². The minimum atomic E-state index is -1.29. The van der Waals surface area contributed by atoms with Crippen LogP contribution in [0, 0.1) is 5.92 Å². The van der Waals surface area contributed by atoms with Crippen LogP contribution in [0.15, 0.2) is 42.5 Å². The van der Waals surface area contributed by atoms with Gasteiger partial charge < -0.3 is 25.2 Å². The lowest BCUT2D eigenvalue weighted by molar-refractivity contribution is -0.127. The van der Waals surface area contributed by atoms with Gasteiger partial charge in [0.2, 0.25) is 0 Å². The van der Waals surface area contributed by atoms with E-state index in [-0.39, 0.29) is 12.5 Å². The highest BCUT2D eigenvalue weighted by Crippen LogP contribution is 2.38. The van der Waals surface area contributed by atoms with E-state index in [1.807, 2.05) is 43.3 Å². The number of rotatable bonds is 6. The van der Waals surface area contributed by atoms with Crippen LogP contribution in [0.25, 0.3) is 0 Å². The summed E-state index contributed by atoms with van der Waals surface area (Å²) in [6.07, 6.45) is -2.51. The molecule has 0 aromatic heterocycles. The zero-order chi connectivity index (χ0) is 20.3. The largest absolute Gasteiger partial charge is 0.494 e. The average molecular weight is 407 g/mol. The molecule has 28 heavy (non-hydrogen) atoms. The van der Waals surface area contributed by atoms with Crippen LogP contribution < -0.4 is 4.74 Å². The fourth-order valence-corrected chi connectivity index (χ4v) is 4.07. The lowest BCUT2D eigenvalue weighted by Gasteiger charge is -2.40. The summed E-state index contributed by atoms with van der Waals surface area (Å²) < 4.78 is 5.47. The molecule has 5 atom stereocenters. The van der Waals surface area contributed by atoms with E-state index in [0.717, 1.165) is 22.4 Å². The Hall–Kier alpha value is -1.63. The van der Waals surface area contributed by atoms with Crippen molar-refractivity contribution in [1.29, 1.82) is 0 Å². The molecule has 2 aromatic carbocycles. The van der Waals surface area contributed by atoms with E-state index in [1.165, 1.54) is 0 Å². The fourth-order valence-electron chi connectivity index (χ4n) is 3.89. The van der Waals surface area contributed by atoms with E-state index in [2.05, 4.69) is 0 Å². The highest BCUT2D eigenvalue weighted by atomic mass is 35.5. The van der Waals surface area contributed by atoms with Crippen LogP contribution in [0.4, 0.5) is 0 Å². The number of hydrogen-bond acceptors (Lipinski definition) is 5. The Labute approximate surface area is 170 Å². The number of halogens is 1. The lowest BCUT2D eigenvalue weighted by Crippen LogP contribution is -2.51. The average Bonchev–Trinajstić information content (AvgIpc) is 2.70. The van der Waals surface area contributed by atoms with E-state index in [1.54, 1.807) is 6.07 Å². The third-order valence-corrected chi connectivity index (χ3v) is 5.88. The van der Waals surface area contributed by atoms with Gasteiger partial charge in [0.1, 0.15) is 11.9 Å². The molecule has 2 aromatic rings. The predicted octanol–water partition coefficient (Wildman–Crippen LogP) is 2.51. The summed E-state index contributed by atoms with van der Waals surface area (Å²) >= 11 is 6.39.